The molecule has 0 aliphatic rings. The Morgan fingerprint density at radius 3 is 1.32 bits per heavy atom. The molecule has 0 saturated carbocycles. The van der Waals surface area contributed by atoms with E-state index in [2.05, 4.69) is 103 Å². The van der Waals surface area contributed by atoms with Gasteiger partial charge < -0.3 is 15.0 Å². The highest BCUT2D eigenvalue weighted by Gasteiger charge is 2.16. The molecule has 314 valence electrons. The molecular formula is C37H37F6N15O2. The lowest BCUT2D eigenvalue weighted by atomic mass is 10.1. The van der Waals surface area contributed by atoms with Crippen molar-refractivity contribution >= 4 is 39.8 Å². The molecule has 23 heteroatoms. The van der Waals surface area contributed by atoms with Crippen LogP contribution in [0.5, 0.6) is 0 Å². The number of allylic oxidation sites excluding steroid dienone is 5. The van der Waals surface area contributed by atoms with Crippen LogP contribution in [-0.4, -0.2) is 69.7 Å². The van der Waals surface area contributed by atoms with E-state index in [1.54, 1.807) is 48.5 Å². The predicted octanol–water partition coefficient (Wildman–Crippen LogP) is 8.26. The van der Waals surface area contributed by atoms with Crippen molar-refractivity contribution in [3.8, 4) is 0 Å². The first-order chi connectivity index (χ1) is 27.8. The van der Waals surface area contributed by atoms with Crippen molar-refractivity contribution in [1.82, 2.24) is 64.8 Å². The van der Waals surface area contributed by atoms with E-state index in [1.807, 2.05) is 0 Å². The van der Waals surface area contributed by atoms with Crippen molar-refractivity contribution in [3.05, 3.63) is 142 Å². The second-order valence-corrected chi connectivity index (χ2v) is 11.9. The van der Waals surface area contributed by atoms with Gasteiger partial charge in [-0.1, -0.05) is 37.9 Å². The molecule has 0 atom stereocenters. The van der Waals surface area contributed by atoms with Gasteiger partial charge in [0.15, 0.2) is 17.5 Å². The Morgan fingerprint density at radius 1 is 0.517 bits per heavy atom. The molecule has 0 unspecified atom stereocenters. The maximum Gasteiger partial charge on any atom is 0.472 e. The molecule has 0 aromatic carbocycles. The van der Waals surface area contributed by atoms with E-state index in [-0.39, 0.29) is 34.4 Å². The Morgan fingerprint density at radius 2 is 0.917 bits per heavy atom. The fourth-order valence-electron chi connectivity index (χ4n) is 3.66. The molecule has 5 aromatic heterocycles. The van der Waals surface area contributed by atoms with Gasteiger partial charge in [0.2, 0.25) is 29.2 Å². The summed E-state index contributed by atoms with van der Waals surface area (Å²) in [6, 6.07) is 0. The highest BCUT2D eigenvalue weighted by molar-refractivity contribution is 5.62. The topological polar surface area (TPSA) is 215 Å². The molecule has 0 radical (unpaired) electrons. The second-order valence-electron chi connectivity index (χ2n) is 11.9. The van der Waals surface area contributed by atoms with Gasteiger partial charge in [-0.05, 0) is 75.1 Å². The Hall–Kier alpha value is -7.64. The average molecular weight is 838 g/mol. The SMILES string of the molecule is C=C(C)c1c(C)nc(F)nc1F.C=C(C)c1nc(C)nc(F)n1.C=C(C)c1nc(C)nc([N+](=O)[O-])n1.C=C(C)c1nc(F)c(F)c(F)n1.[C-]#[N+]c1nc(C)nc(C(=C)C)n1. The van der Waals surface area contributed by atoms with Crippen LogP contribution in [0.1, 0.15) is 86.6 Å². The van der Waals surface area contributed by atoms with Gasteiger partial charge in [0, 0.05) is 25.0 Å². The summed E-state index contributed by atoms with van der Waals surface area (Å²) in [5, 5.41) is 10.4. The van der Waals surface area contributed by atoms with E-state index in [4.69, 9.17) is 6.57 Å². The van der Waals surface area contributed by atoms with Gasteiger partial charge >= 0.3 is 24.1 Å². The van der Waals surface area contributed by atoms with Crippen molar-refractivity contribution < 1.29 is 31.3 Å². The lowest BCUT2D eigenvalue weighted by molar-refractivity contribution is -0.394. The molecule has 0 saturated heterocycles. The molecular weight excluding hydrogens is 800 g/mol. The largest absolute Gasteiger partial charge is 0.472 e. The number of nitrogens with zero attached hydrogens (tertiary/aromatic N) is 15. The van der Waals surface area contributed by atoms with Gasteiger partial charge in [0.1, 0.15) is 5.82 Å². The molecule has 0 bridgehead atoms. The van der Waals surface area contributed by atoms with Crippen LogP contribution in [0.4, 0.5) is 38.2 Å². The molecule has 0 aliphatic heterocycles. The Balaban J connectivity index is 0.000000375. The number of rotatable bonds is 6. The summed E-state index contributed by atoms with van der Waals surface area (Å²) in [5.74, 6) is -3.75. The molecule has 0 aliphatic carbocycles. The standard InChI is InChI=1S/C8H8F2N2.C8H8N4.C7H5F3N2.C7H8FN3.C7H8N4O2/c1-4(2)6-5(3)11-8(10)12-7(6)9;1-5(2)7-10-6(3)11-8(9-4)12-7;1-3(2)7-11-5(9)4(8)6(10)12-7;1-4(2)6-9-5(3)10-7(8)11-6;1-4(2)6-8-5(3)9-7(10-6)11(12)13/h2*1H2,2-3H3;1H2,2H3;1H2,2-3H3;1H2,2-3H3. The van der Waals surface area contributed by atoms with Crippen LogP contribution in [0.3, 0.4) is 0 Å². The Kier molecular flexibility index (Phi) is 19.3. The van der Waals surface area contributed by atoms with Crippen molar-refractivity contribution in [2.75, 3.05) is 0 Å². The van der Waals surface area contributed by atoms with E-state index < -0.39 is 46.7 Å². The van der Waals surface area contributed by atoms with Crippen LogP contribution in [-0.2, 0) is 0 Å². The molecule has 5 rings (SSSR count). The van der Waals surface area contributed by atoms with E-state index in [0.717, 1.165) is 5.57 Å². The predicted molar refractivity (Wildman–Crippen MR) is 209 cm³/mol. The molecule has 60 heavy (non-hydrogen) atoms. The Bertz CT molecular complexity index is 2410. The zero-order chi connectivity index (χ0) is 46.2. The number of aromatic nitrogens is 13. The number of halogens is 6. The molecule has 5 heterocycles. The highest BCUT2D eigenvalue weighted by atomic mass is 19.2. The van der Waals surface area contributed by atoms with Crippen LogP contribution in [0.15, 0.2) is 32.9 Å². The molecule has 0 N–H and O–H groups in total. The van der Waals surface area contributed by atoms with Gasteiger partial charge in [-0.15, -0.1) is 16.5 Å². The summed E-state index contributed by atoms with van der Waals surface area (Å²) in [6.45, 7) is 39.2. The summed E-state index contributed by atoms with van der Waals surface area (Å²) in [4.78, 5) is 58.7. The van der Waals surface area contributed by atoms with E-state index in [9.17, 15) is 36.5 Å². The first kappa shape index (κ1) is 50.4. The third kappa shape index (κ3) is 16.5. The monoisotopic (exact) mass is 837 g/mol. The van der Waals surface area contributed by atoms with Crippen molar-refractivity contribution in [1.29, 1.82) is 0 Å². The zero-order valence-corrected chi connectivity index (χ0v) is 33.8. The third-order valence-electron chi connectivity index (χ3n) is 6.20. The lowest BCUT2D eigenvalue weighted by Gasteiger charge is -2.03. The maximum atomic E-state index is 12.9. The van der Waals surface area contributed by atoms with Crippen LogP contribution in [0.25, 0.3) is 32.7 Å². The first-order valence-electron chi connectivity index (χ1n) is 16.5. The summed E-state index contributed by atoms with van der Waals surface area (Å²) >= 11 is 0. The highest BCUT2D eigenvalue weighted by Crippen LogP contribution is 2.17. The van der Waals surface area contributed by atoms with Crippen LogP contribution >= 0.6 is 0 Å². The number of hydrogen-bond donors (Lipinski definition) is 0. The summed E-state index contributed by atoms with van der Waals surface area (Å²) < 4.78 is 74.8. The fraction of sp³-hybridized carbons (Fsp3) is 0.243. The summed E-state index contributed by atoms with van der Waals surface area (Å²) in [5.41, 5.74) is 3.18. The lowest BCUT2D eigenvalue weighted by Crippen LogP contribution is -2.03. The summed E-state index contributed by atoms with van der Waals surface area (Å²) in [7, 11) is 0. The number of aryl methyl sites for hydroxylation is 4. The molecule has 0 fully saturated rings. The van der Waals surface area contributed by atoms with Crippen LogP contribution in [0.2, 0.25) is 0 Å². The minimum atomic E-state index is -1.67. The van der Waals surface area contributed by atoms with Gasteiger partial charge in [-0.25, -0.2) is 9.97 Å². The first-order valence-corrected chi connectivity index (χ1v) is 16.5. The van der Waals surface area contributed by atoms with E-state index >= 15 is 0 Å². The fourth-order valence-corrected chi connectivity index (χ4v) is 3.66. The number of nitro groups is 1. The van der Waals surface area contributed by atoms with Gasteiger partial charge in [0.05, 0.1) is 11.3 Å². The summed E-state index contributed by atoms with van der Waals surface area (Å²) in [6.07, 6.45) is -1.80. The minimum absolute atomic E-state index is 0.125. The normalized spacial score (nSPS) is 9.70. The Labute approximate surface area is 340 Å². The second kappa shape index (κ2) is 22.9. The van der Waals surface area contributed by atoms with Gasteiger partial charge in [-0.2, -0.15) is 61.2 Å². The molecule has 17 nitrogen and oxygen atoms in total. The smallest absolute Gasteiger partial charge is 0.394 e. The molecule has 0 amide bonds. The zero-order valence-electron chi connectivity index (χ0n) is 33.8. The van der Waals surface area contributed by atoms with E-state index in [1.165, 1.54) is 13.8 Å². The quantitative estimate of drug-likeness (QED) is 0.0393. The van der Waals surface area contributed by atoms with Crippen LogP contribution in [0, 0.1) is 80.2 Å². The molecule has 0 spiro atoms. The van der Waals surface area contributed by atoms with Crippen molar-refractivity contribution in [2.24, 2.45) is 0 Å². The third-order valence-corrected chi connectivity index (χ3v) is 6.20. The van der Waals surface area contributed by atoms with Gasteiger partial charge in [0.25, 0.3) is 11.9 Å². The van der Waals surface area contributed by atoms with Crippen molar-refractivity contribution in [2.45, 2.75) is 62.3 Å². The van der Waals surface area contributed by atoms with Gasteiger partial charge in [-0.3, -0.25) is 0 Å². The molecule has 5 aromatic rings. The van der Waals surface area contributed by atoms with E-state index in [0.29, 0.717) is 45.8 Å². The average Bonchev–Trinajstić information content (AvgIpc) is 3.13. The minimum Gasteiger partial charge on any atom is -0.394 e. The maximum absolute atomic E-state index is 12.9. The van der Waals surface area contributed by atoms with Crippen LogP contribution < -0.4 is 0 Å². The number of hydrogen-bond acceptors (Lipinski definition) is 15. The van der Waals surface area contributed by atoms with Crippen molar-refractivity contribution in [3.63, 3.8) is 0 Å².